The number of carbonyl (C=O) groups excluding carboxylic acids is 1. The lowest BCUT2D eigenvalue weighted by Gasteiger charge is -2.01. The second-order valence-corrected chi connectivity index (χ2v) is 5.60. The van der Waals surface area contributed by atoms with E-state index in [0.717, 1.165) is 11.0 Å². The molecule has 4 heteroatoms. The van der Waals surface area contributed by atoms with Gasteiger partial charge in [0.15, 0.2) is 15.6 Å². The Labute approximate surface area is 95.7 Å². The maximum Gasteiger partial charge on any atom is 0.171 e. The van der Waals surface area contributed by atoms with Crippen LogP contribution in [0.4, 0.5) is 0 Å². The van der Waals surface area contributed by atoms with E-state index in [4.69, 9.17) is 0 Å². The number of carbonyl (C=O) groups is 1. The van der Waals surface area contributed by atoms with Gasteiger partial charge in [-0.1, -0.05) is 30.8 Å². The van der Waals surface area contributed by atoms with Crippen LogP contribution in [0.5, 0.6) is 0 Å². The summed E-state index contributed by atoms with van der Waals surface area (Å²) in [4.78, 5) is 11.0. The molecule has 3 nitrogen and oxygen atoms in total. The maximum absolute atomic E-state index is 11.2. The smallest absolute Gasteiger partial charge is 0.171 e. The van der Waals surface area contributed by atoms with Gasteiger partial charge in [0.05, 0.1) is 5.75 Å². The van der Waals surface area contributed by atoms with Crippen molar-refractivity contribution >= 4 is 15.6 Å². The monoisotopic (exact) mass is 238 g/mol. The third kappa shape index (κ3) is 3.62. The number of sulfone groups is 1. The molecule has 0 saturated heterocycles. The highest BCUT2D eigenvalue weighted by Gasteiger charge is 2.05. The van der Waals surface area contributed by atoms with Crippen LogP contribution in [0, 0.1) is 0 Å². The summed E-state index contributed by atoms with van der Waals surface area (Å²) in [6.07, 6.45) is 0.437. The minimum absolute atomic E-state index is 0.00487. The Morgan fingerprint density at radius 1 is 1.31 bits per heavy atom. The van der Waals surface area contributed by atoms with Crippen LogP contribution >= 0.6 is 0 Å². The van der Waals surface area contributed by atoms with Crippen molar-refractivity contribution < 1.29 is 13.2 Å². The predicted octanol–water partition coefficient (Wildman–Crippen LogP) is 1.99. The van der Waals surface area contributed by atoms with Gasteiger partial charge in [0.25, 0.3) is 0 Å². The number of hydrogen-bond acceptors (Lipinski definition) is 3. The molecule has 0 aliphatic heterocycles. The van der Waals surface area contributed by atoms with E-state index in [2.05, 4.69) is 6.58 Å². The molecule has 16 heavy (non-hydrogen) atoms. The fourth-order valence-electron chi connectivity index (χ4n) is 1.25. The first-order valence-corrected chi connectivity index (χ1v) is 6.61. The Balaban J connectivity index is 2.70. The zero-order valence-electron chi connectivity index (χ0n) is 9.14. The van der Waals surface area contributed by atoms with Crippen molar-refractivity contribution in [3.8, 4) is 0 Å². The topological polar surface area (TPSA) is 51.2 Å². The van der Waals surface area contributed by atoms with E-state index in [1.54, 1.807) is 24.3 Å². The molecule has 0 N–H and O–H groups in total. The summed E-state index contributed by atoms with van der Waals surface area (Å²) in [6, 6.07) is 6.96. The van der Waals surface area contributed by atoms with Crippen molar-refractivity contribution in [1.29, 1.82) is 0 Å². The Morgan fingerprint density at radius 2 is 1.88 bits per heavy atom. The number of Topliss-reactive ketones (excluding diaryl/α,β-unsaturated/α-hetero) is 1. The average Bonchev–Trinajstić information content (AvgIpc) is 2.27. The Hall–Kier alpha value is -1.42. The first kappa shape index (κ1) is 12.6. The van der Waals surface area contributed by atoms with Crippen LogP contribution < -0.4 is 0 Å². The summed E-state index contributed by atoms with van der Waals surface area (Å²) in [7, 11) is -3.15. The van der Waals surface area contributed by atoms with E-state index in [9.17, 15) is 13.2 Å². The molecule has 0 aliphatic rings. The number of benzene rings is 1. The third-order valence-corrected chi connectivity index (χ3v) is 3.57. The van der Waals surface area contributed by atoms with Crippen molar-refractivity contribution in [2.24, 2.45) is 0 Å². The van der Waals surface area contributed by atoms with Crippen molar-refractivity contribution in [3.63, 3.8) is 0 Å². The second kappa shape index (κ2) is 5.07. The highest BCUT2D eigenvalue weighted by Crippen LogP contribution is 2.07. The first-order valence-electron chi connectivity index (χ1n) is 4.90. The lowest BCUT2D eigenvalue weighted by Crippen LogP contribution is -2.05. The zero-order chi connectivity index (χ0) is 12.2. The SMILES string of the molecule is C=CS(=O)(=O)CCc1ccc(C(C)=O)cc1. The van der Waals surface area contributed by atoms with Crippen LogP contribution in [-0.2, 0) is 16.3 Å². The van der Waals surface area contributed by atoms with Gasteiger partial charge in [0.1, 0.15) is 0 Å². The van der Waals surface area contributed by atoms with Crippen LogP contribution in [0.1, 0.15) is 22.8 Å². The lowest BCUT2D eigenvalue weighted by molar-refractivity contribution is 0.101. The molecule has 0 unspecified atom stereocenters. The highest BCUT2D eigenvalue weighted by atomic mass is 32.2. The van der Waals surface area contributed by atoms with Gasteiger partial charge in [-0.3, -0.25) is 4.79 Å². The van der Waals surface area contributed by atoms with E-state index in [1.807, 2.05) is 0 Å². The standard InChI is InChI=1S/C12H14O3S/c1-3-16(14,15)9-8-11-4-6-12(7-5-11)10(2)13/h3-7H,1,8-9H2,2H3. The molecule has 0 spiro atoms. The average molecular weight is 238 g/mol. The molecule has 0 amide bonds. The molecular weight excluding hydrogens is 224 g/mol. The van der Waals surface area contributed by atoms with Gasteiger partial charge in [-0.15, -0.1) is 0 Å². The van der Waals surface area contributed by atoms with E-state index >= 15 is 0 Å². The van der Waals surface area contributed by atoms with Crippen LogP contribution in [-0.4, -0.2) is 20.0 Å². The highest BCUT2D eigenvalue weighted by molar-refractivity contribution is 7.94. The quantitative estimate of drug-likeness (QED) is 0.737. The first-order chi connectivity index (χ1) is 7.44. The summed E-state index contributed by atoms with van der Waals surface area (Å²) in [5, 5.41) is 0.969. The second-order valence-electron chi connectivity index (χ2n) is 3.54. The molecule has 0 bridgehead atoms. The van der Waals surface area contributed by atoms with Crippen LogP contribution in [0.25, 0.3) is 0 Å². The minimum atomic E-state index is -3.15. The van der Waals surface area contributed by atoms with Crippen molar-refractivity contribution in [3.05, 3.63) is 47.4 Å². The summed E-state index contributed by atoms with van der Waals surface area (Å²) in [6.45, 7) is 4.75. The molecule has 1 aromatic carbocycles. The van der Waals surface area contributed by atoms with E-state index in [1.165, 1.54) is 6.92 Å². The van der Waals surface area contributed by atoms with Crippen molar-refractivity contribution in [2.45, 2.75) is 13.3 Å². The number of hydrogen-bond donors (Lipinski definition) is 0. The van der Waals surface area contributed by atoms with Crippen LogP contribution in [0.3, 0.4) is 0 Å². The van der Waals surface area contributed by atoms with E-state index < -0.39 is 9.84 Å². The molecule has 0 atom stereocenters. The molecule has 86 valence electrons. The number of ketones is 1. The summed E-state index contributed by atoms with van der Waals surface area (Å²) in [5.41, 5.74) is 1.53. The number of rotatable bonds is 5. The van der Waals surface area contributed by atoms with Crippen molar-refractivity contribution in [1.82, 2.24) is 0 Å². The Kier molecular flexibility index (Phi) is 4.01. The Morgan fingerprint density at radius 3 is 2.31 bits per heavy atom. The minimum Gasteiger partial charge on any atom is -0.295 e. The molecule has 0 aromatic heterocycles. The molecule has 1 aromatic rings. The van der Waals surface area contributed by atoms with Gasteiger partial charge in [-0.25, -0.2) is 8.42 Å². The van der Waals surface area contributed by atoms with Gasteiger partial charge >= 0.3 is 0 Å². The van der Waals surface area contributed by atoms with E-state index in [0.29, 0.717) is 12.0 Å². The fourth-order valence-corrected chi connectivity index (χ4v) is 1.94. The van der Waals surface area contributed by atoms with Crippen molar-refractivity contribution in [2.75, 3.05) is 5.75 Å². The van der Waals surface area contributed by atoms with Gasteiger partial charge in [-0.05, 0) is 18.9 Å². The molecule has 0 fully saturated rings. The maximum atomic E-state index is 11.2. The summed E-state index contributed by atoms with van der Waals surface area (Å²) >= 11 is 0. The molecule has 0 heterocycles. The lowest BCUT2D eigenvalue weighted by atomic mass is 10.1. The van der Waals surface area contributed by atoms with Gasteiger partial charge < -0.3 is 0 Å². The zero-order valence-corrected chi connectivity index (χ0v) is 9.96. The van der Waals surface area contributed by atoms with Gasteiger partial charge in [-0.2, -0.15) is 0 Å². The predicted molar refractivity (Wildman–Crippen MR) is 64.1 cm³/mol. The van der Waals surface area contributed by atoms with Crippen LogP contribution in [0.15, 0.2) is 36.3 Å². The number of aryl methyl sites for hydroxylation is 1. The normalized spacial score (nSPS) is 11.1. The fraction of sp³-hybridized carbons (Fsp3) is 0.250. The third-order valence-electron chi connectivity index (χ3n) is 2.29. The molecular formula is C12H14O3S. The molecule has 1 rings (SSSR count). The van der Waals surface area contributed by atoms with Crippen LogP contribution in [0.2, 0.25) is 0 Å². The molecule has 0 radical (unpaired) electrons. The largest absolute Gasteiger partial charge is 0.295 e. The molecule has 0 aliphatic carbocycles. The van der Waals surface area contributed by atoms with Gasteiger partial charge in [0.2, 0.25) is 0 Å². The summed E-state index contributed by atoms with van der Waals surface area (Å²) < 4.78 is 22.4. The summed E-state index contributed by atoms with van der Waals surface area (Å²) in [5.74, 6) is 0.0564. The van der Waals surface area contributed by atoms with Gasteiger partial charge in [0, 0.05) is 11.0 Å². The molecule has 0 saturated carbocycles. The van der Waals surface area contributed by atoms with E-state index in [-0.39, 0.29) is 11.5 Å². The Bertz CT molecular complexity index is 484.